The molecule has 0 fully saturated rings. The molecule has 0 spiro atoms. The van der Waals surface area contributed by atoms with Crippen molar-refractivity contribution >= 4 is 44.4 Å². The Balaban J connectivity index is 1.71. The number of hydrogen-bond acceptors (Lipinski definition) is 5. The van der Waals surface area contributed by atoms with E-state index in [0.29, 0.717) is 13.0 Å². The molecule has 3 rings (SSSR count). The number of amides is 1. The molecule has 3 aromatic rings. The molecule has 0 radical (unpaired) electrons. The quantitative estimate of drug-likeness (QED) is 0.410. The van der Waals surface area contributed by atoms with Crippen molar-refractivity contribution in [2.75, 3.05) is 37.8 Å². The molecule has 154 valence electrons. The van der Waals surface area contributed by atoms with Gasteiger partial charge in [-0.25, -0.2) is 4.98 Å². The van der Waals surface area contributed by atoms with Gasteiger partial charge in [0.1, 0.15) is 0 Å². The second-order valence-corrected chi connectivity index (χ2v) is 9.44. The van der Waals surface area contributed by atoms with Crippen LogP contribution in [0.2, 0.25) is 0 Å². The summed E-state index contributed by atoms with van der Waals surface area (Å²) in [6, 6.07) is 16.6. The molecule has 0 saturated carbocycles. The highest BCUT2D eigenvalue weighted by molar-refractivity contribution is 7.99. The summed E-state index contributed by atoms with van der Waals surface area (Å²) >= 11 is 3.35. The smallest absolute Gasteiger partial charge is 0.229 e. The van der Waals surface area contributed by atoms with Gasteiger partial charge in [-0.15, -0.1) is 11.8 Å². The maximum atomic E-state index is 13.1. The lowest BCUT2D eigenvalue weighted by atomic mass is 10.2. The van der Waals surface area contributed by atoms with Crippen molar-refractivity contribution in [1.29, 1.82) is 0 Å². The number of aryl methyl sites for hydroxylation is 1. The number of thiazole rings is 1. The van der Waals surface area contributed by atoms with Gasteiger partial charge in [0.25, 0.3) is 0 Å². The number of fused-ring (bicyclic) bond motifs is 1. The fraction of sp³-hybridized carbons (Fsp3) is 0.391. The van der Waals surface area contributed by atoms with Gasteiger partial charge in [0.15, 0.2) is 5.13 Å². The molecule has 0 saturated heterocycles. The molecular formula is C23H29N3OS2. The monoisotopic (exact) mass is 427 g/mol. The first-order chi connectivity index (χ1) is 14.1. The molecule has 0 aliphatic rings. The van der Waals surface area contributed by atoms with Gasteiger partial charge in [0.05, 0.1) is 10.2 Å². The van der Waals surface area contributed by atoms with Crippen LogP contribution < -0.4 is 4.90 Å². The number of carbonyl (C=O) groups excluding carboxylic acids is 1. The summed E-state index contributed by atoms with van der Waals surface area (Å²) in [5.74, 6) is 0.930. The minimum Gasteiger partial charge on any atom is -0.309 e. The van der Waals surface area contributed by atoms with Crippen LogP contribution in [0.4, 0.5) is 5.13 Å². The Morgan fingerprint density at radius 3 is 2.62 bits per heavy atom. The third kappa shape index (κ3) is 6.29. The molecule has 0 aliphatic heterocycles. The number of nitrogens with zero attached hydrogens (tertiary/aromatic N) is 3. The van der Waals surface area contributed by atoms with Gasteiger partial charge >= 0.3 is 0 Å². The summed E-state index contributed by atoms with van der Waals surface area (Å²) in [6.45, 7) is 3.81. The van der Waals surface area contributed by atoms with E-state index in [0.717, 1.165) is 40.5 Å². The lowest BCUT2D eigenvalue weighted by Gasteiger charge is -2.21. The zero-order valence-electron chi connectivity index (χ0n) is 17.4. The van der Waals surface area contributed by atoms with Gasteiger partial charge in [-0.1, -0.05) is 42.5 Å². The number of anilines is 1. The van der Waals surface area contributed by atoms with E-state index in [1.54, 1.807) is 23.1 Å². The van der Waals surface area contributed by atoms with Gasteiger partial charge in [0.2, 0.25) is 5.91 Å². The van der Waals surface area contributed by atoms with Gasteiger partial charge in [-0.2, -0.15) is 0 Å². The topological polar surface area (TPSA) is 36.4 Å². The molecule has 0 unspecified atom stereocenters. The summed E-state index contributed by atoms with van der Waals surface area (Å²) < 4.78 is 1.16. The standard InChI is InChI=1S/C23H29N3OS2/c1-4-18-11-12-20-21(17-18)29-23(24-20)26(15-8-14-25(2)3)22(27)13-16-28-19-9-6-5-7-10-19/h5-7,9-12,17H,4,8,13-16H2,1-3H3. The molecule has 1 heterocycles. The highest BCUT2D eigenvalue weighted by Crippen LogP contribution is 2.30. The van der Waals surface area contributed by atoms with Crippen molar-refractivity contribution in [3.8, 4) is 0 Å². The van der Waals surface area contributed by atoms with Crippen LogP contribution in [0.3, 0.4) is 0 Å². The van der Waals surface area contributed by atoms with Crippen LogP contribution in [0.1, 0.15) is 25.3 Å². The first-order valence-corrected chi connectivity index (χ1v) is 11.9. The number of benzene rings is 2. The van der Waals surface area contributed by atoms with Crippen LogP contribution in [0.25, 0.3) is 10.2 Å². The van der Waals surface area contributed by atoms with E-state index in [4.69, 9.17) is 4.98 Å². The first kappa shape index (κ1) is 21.8. The van der Waals surface area contributed by atoms with E-state index in [1.807, 2.05) is 23.1 Å². The van der Waals surface area contributed by atoms with E-state index in [9.17, 15) is 4.79 Å². The Bertz CT molecular complexity index is 924. The minimum atomic E-state index is 0.155. The molecule has 0 atom stereocenters. The zero-order chi connectivity index (χ0) is 20.6. The molecule has 1 aromatic heterocycles. The van der Waals surface area contributed by atoms with Crippen molar-refractivity contribution in [3.05, 3.63) is 54.1 Å². The number of thioether (sulfide) groups is 1. The summed E-state index contributed by atoms with van der Waals surface area (Å²) in [7, 11) is 4.12. The largest absolute Gasteiger partial charge is 0.309 e. The Labute approximate surface area is 181 Å². The number of carbonyl (C=O) groups is 1. The van der Waals surface area contributed by atoms with E-state index < -0.39 is 0 Å². The second-order valence-electron chi connectivity index (χ2n) is 7.27. The van der Waals surface area contributed by atoms with Crippen LogP contribution in [-0.2, 0) is 11.2 Å². The summed E-state index contributed by atoms with van der Waals surface area (Å²) in [6.07, 6.45) is 2.45. The fourth-order valence-electron chi connectivity index (χ4n) is 3.07. The molecule has 0 aliphatic carbocycles. The van der Waals surface area contributed by atoms with Crippen molar-refractivity contribution in [3.63, 3.8) is 0 Å². The molecule has 0 bridgehead atoms. The van der Waals surface area contributed by atoms with Crippen LogP contribution in [0.5, 0.6) is 0 Å². The van der Waals surface area contributed by atoms with Gasteiger partial charge in [-0.3, -0.25) is 9.69 Å². The second kappa shape index (κ2) is 10.8. The van der Waals surface area contributed by atoms with E-state index >= 15 is 0 Å². The highest BCUT2D eigenvalue weighted by atomic mass is 32.2. The van der Waals surface area contributed by atoms with Crippen LogP contribution >= 0.6 is 23.1 Å². The Morgan fingerprint density at radius 1 is 1.10 bits per heavy atom. The highest BCUT2D eigenvalue weighted by Gasteiger charge is 2.19. The lowest BCUT2D eigenvalue weighted by molar-refractivity contribution is -0.118. The summed E-state index contributed by atoms with van der Waals surface area (Å²) in [5, 5.41) is 0.821. The van der Waals surface area contributed by atoms with Crippen LogP contribution in [0, 0.1) is 0 Å². The van der Waals surface area contributed by atoms with E-state index in [1.165, 1.54) is 10.5 Å². The lowest BCUT2D eigenvalue weighted by Crippen LogP contribution is -2.33. The number of hydrogen-bond donors (Lipinski definition) is 0. The van der Waals surface area contributed by atoms with E-state index in [2.05, 4.69) is 56.3 Å². The fourth-order valence-corrected chi connectivity index (χ4v) is 5.01. The molecule has 1 amide bonds. The molecule has 6 heteroatoms. The minimum absolute atomic E-state index is 0.155. The molecule has 4 nitrogen and oxygen atoms in total. The van der Waals surface area contributed by atoms with Crippen molar-refractivity contribution in [2.45, 2.75) is 31.1 Å². The van der Waals surface area contributed by atoms with E-state index in [-0.39, 0.29) is 5.91 Å². The average molecular weight is 428 g/mol. The van der Waals surface area contributed by atoms with Crippen molar-refractivity contribution in [1.82, 2.24) is 9.88 Å². The Morgan fingerprint density at radius 2 is 1.90 bits per heavy atom. The molecule has 0 N–H and O–H groups in total. The van der Waals surface area contributed by atoms with Crippen molar-refractivity contribution in [2.24, 2.45) is 0 Å². The van der Waals surface area contributed by atoms with Crippen LogP contribution in [0.15, 0.2) is 53.4 Å². The van der Waals surface area contributed by atoms with Gasteiger partial charge in [-0.05, 0) is 63.3 Å². The van der Waals surface area contributed by atoms with Crippen molar-refractivity contribution < 1.29 is 4.79 Å². The normalized spacial score (nSPS) is 11.3. The molecule has 29 heavy (non-hydrogen) atoms. The predicted molar refractivity (Wildman–Crippen MR) is 126 cm³/mol. The SMILES string of the molecule is CCc1ccc2nc(N(CCCN(C)C)C(=O)CCSc3ccccc3)sc2c1. The maximum absolute atomic E-state index is 13.1. The number of rotatable bonds is 10. The molecule has 2 aromatic carbocycles. The number of aromatic nitrogens is 1. The van der Waals surface area contributed by atoms with Gasteiger partial charge in [0, 0.05) is 23.6 Å². The zero-order valence-corrected chi connectivity index (χ0v) is 19.1. The average Bonchev–Trinajstić information content (AvgIpc) is 3.14. The third-order valence-corrected chi connectivity index (χ3v) is 6.75. The first-order valence-electron chi connectivity index (χ1n) is 10.1. The third-order valence-electron chi connectivity index (χ3n) is 4.70. The summed E-state index contributed by atoms with van der Waals surface area (Å²) in [4.78, 5) is 23.1. The van der Waals surface area contributed by atoms with Gasteiger partial charge < -0.3 is 4.90 Å². The predicted octanol–water partition coefficient (Wildman–Crippen LogP) is 5.33. The molecular weight excluding hydrogens is 398 g/mol. The Kier molecular flexibility index (Phi) is 8.09. The summed E-state index contributed by atoms with van der Waals surface area (Å²) in [5.41, 5.74) is 2.28. The van der Waals surface area contributed by atoms with Crippen LogP contribution in [-0.4, -0.2) is 48.7 Å². The maximum Gasteiger partial charge on any atom is 0.229 e. The Hall–Kier alpha value is -1.89.